The minimum Gasteiger partial charge on any atom is -0.305 e. The highest BCUT2D eigenvalue weighted by atomic mass is 35.5. The molecule has 3 nitrogen and oxygen atoms in total. The molecule has 1 fully saturated rings. The Kier molecular flexibility index (Phi) is 5.20. The molecule has 0 aromatic heterocycles. The number of likely N-dealkylation sites (tertiary alicyclic amines) is 1. The summed E-state index contributed by atoms with van der Waals surface area (Å²) in [5, 5.41) is -0.246. The molecule has 1 aromatic rings. The molecule has 1 aliphatic rings. The third kappa shape index (κ3) is 3.25. The molecular weight excluding hydrogens is 270 g/mol. The van der Waals surface area contributed by atoms with Crippen LogP contribution in [0.5, 0.6) is 0 Å². The molecule has 0 spiro atoms. The Hall–Kier alpha value is -0.580. The van der Waals surface area contributed by atoms with E-state index in [1.165, 1.54) is 0 Å². The Morgan fingerprint density at radius 3 is 2.39 bits per heavy atom. The number of aryl methyl sites for hydroxylation is 1. The molecule has 5 heteroatoms. The van der Waals surface area contributed by atoms with Crippen LogP contribution in [0.4, 0.5) is 0 Å². The van der Waals surface area contributed by atoms with Crippen molar-refractivity contribution in [3.63, 3.8) is 0 Å². The molecule has 1 aliphatic heterocycles. The second kappa shape index (κ2) is 6.04. The first kappa shape index (κ1) is 15.5. The second-order valence-electron chi connectivity index (χ2n) is 4.88. The standard InChI is InChI=1S/C13H19NO2S.ClH/c1-11-5-7-12(8-6-11)17(15,16)13-4-3-9-14(2)10-13;/h5-8,13H,3-4,9-10H2,1-2H3;1H. The quantitative estimate of drug-likeness (QED) is 0.838. The monoisotopic (exact) mass is 289 g/mol. The van der Waals surface area contributed by atoms with Gasteiger partial charge in [0, 0.05) is 6.54 Å². The summed E-state index contributed by atoms with van der Waals surface area (Å²) in [5.41, 5.74) is 1.09. The van der Waals surface area contributed by atoms with Crippen molar-refractivity contribution >= 4 is 22.2 Å². The average molecular weight is 290 g/mol. The van der Waals surface area contributed by atoms with Crippen molar-refractivity contribution in [1.29, 1.82) is 0 Å². The number of benzene rings is 1. The lowest BCUT2D eigenvalue weighted by Crippen LogP contribution is -2.40. The van der Waals surface area contributed by atoms with Crippen LogP contribution in [0, 0.1) is 6.92 Å². The van der Waals surface area contributed by atoms with Gasteiger partial charge in [-0.25, -0.2) is 8.42 Å². The summed E-state index contributed by atoms with van der Waals surface area (Å²) in [4.78, 5) is 2.56. The van der Waals surface area contributed by atoms with E-state index in [1.54, 1.807) is 12.1 Å². The molecule has 0 saturated carbocycles. The maximum Gasteiger partial charge on any atom is 0.182 e. The van der Waals surface area contributed by atoms with Crippen molar-refractivity contribution < 1.29 is 8.42 Å². The zero-order chi connectivity index (χ0) is 12.5. The summed E-state index contributed by atoms with van der Waals surface area (Å²) >= 11 is 0. The molecule has 0 bridgehead atoms. The molecule has 0 N–H and O–H groups in total. The first-order chi connectivity index (χ1) is 8.00. The molecule has 1 aromatic carbocycles. The van der Waals surface area contributed by atoms with Gasteiger partial charge in [0.1, 0.15) is 0 Å². The van der Waals surface area contributed by atoms with Crippen LogP contribution in [0.1, 0.15) is 18.4 Å². The molecule has 2 rings (SSSR count). The summed E-state index contributed by atoms with van der Waals surface area (Å²) < 4.78 is 24.8. The molecule has 1 heterocycles. The number of hydrogen-bond donors (Lipinski definition) is 0. The lowest BCUT2D eigenvalue weighted by molar-refractivity contribution is 0.278. The van der Waals surface area contributed by atoms with E-state index in [1.807, 2.05) is 26.1 Å². The Bertz CT molecular complexity index is 484. The van der Waals surface area contributed by atoms with E-state index in [-0.39, 0.29) is 17.7 Å². The summed E-state index contributed by atoms with van der Waals surface area (Å²) in [5.74, 6) is 0. The van der Waals surface area contributed by atoms with Crippen LogP contribution >= 0.6 is 12.4 Å². The van der Waals surface area contributed by atoms with E-state index < -0.39 is 9.84 Å². The zero-order valence-corrected chi connectivity index (χ0v) is 12.4. The van der Waals surface area contributed by atoms with Crippen molar-refractivity contribution in [2.24, 2.45) is 0 Å². The second-order valence-corrected chi connectivity index (χ2v) is 7.11. The first-order valence-corrected chi connectivity index (χ1v) is 7.54. The van der Waals surface area contributed by atoms with Crippen molar-refractivity contribution in [3.8, 4) is 0 Å². The Labute approximate surface area is 116 Å². The number of rotatable bonds is 2. The fourth-order valence-electron chi connectivity index (χ4n) is 2.29. The summed E-state index contributed by atoms with van der Waals surface area (Å²) in [7, 11) is -1.17. The van der Waals surface area contributed by atoms with E-state index in [9.17, 15) is 8.42 Å². The number of hydrogen-bond acceptors (Lipinski definition) is 3. The topological polar surface area (TPSA) is 37.4 Å². The predicted molar refractivity (Wildman–Crippen MR) is 76.1 cm³/mol. The predicted octanol–water partition coefficient (Wildman–Crippen LogP) is 2.28. The molecule has 1 unspecified atom stereocenters. The summed E-state index contributed by atoms with van der Waals surface area (Å²) in [6.07, 6.45) is 1.74. The fourth-order valence-corrected chi connectivity index (χ4v) is 4.12. The van der Waals surface area contributed by atoms with Gasteiger partial charge in [-0.2, -0.15) is 0 Å². The molecule has 0 aliphatic carbocycles. The van der Waals surface area contributed by atoms with Gasteiger partial charge in [0.25, 0.3) is 0 Å². The van der Waals surface area contributed by atoms with Crippen molar-refractivity contribution in [1.82, 2.24) is 4.90 Å². The van der Waals surface area contributed by atoms with Crippen LogP contribution < -0.4 is 0 Å². The highest BCUT2D eigenvalue weighted by Crippen LogP contribution is 2.23. The molecule has 102 valence electrons. The normalized spacial score (nSPS) is 21.3. The number of sulfone groups is 1. The Morgan fingerprint density at radius 2 is 1.83 bits per heavy atom. The molecule has 0 amide bonds. The minimum absolute atomic E-state index is 0. The van der Waals surface area contributed by atoms with Crippen molar-refractivity contribution in [2.75, 3.05) is 20.1 Å². The SMILES string of the molecule is Cc1ccc(S(=O)(=O)C2CCCN(C)C2)cc1.Cl. The van der Waals surface area contributed by atoms with E-state index in [0.29, 0.717) is 11.4 Å². The first-order valence-electron chi connectivity index (χ1n) is 5.99. The fraction of sp³-hybridized carbons (Fsp3) is 0.538. The van der Waals surface area contributed by atoms with Crippen LogP contribution in [0.15, 0.2) is 29.2 Å². The number of nitrogens with zero attached hydrogens (tertiary/aromatic N) is 1. The highest BCUT2D eigenvalue weighted by molar-refractivity contribution is 7.92. The lowest BCUT2D eigenvalue weighted by atomic mass is 10.1. The van der Waals surface area contributed by atoms with E-state index in [2.05, 4.69) is 4.90 Å². The van der Waals surface area contributed by atoms with Gasteiger partial charge in [0.15, 0.2) is 9.84 Å². The lowest BCUT2D eigenvalue weighted by Gasteiger charge is -2.29. The van der Waals surface area contributed by atoms with Crippen molar-refractivity contribution in [2.45, 2.75) is 29.9 Å². The third-order valence-corrected chi connectivity index (χ3v) is 5.56. The summed E-state index contributed by atoms with van der Waals surface area (Å²) in [6.45, 7) is 3.61. The molecule has 1 atom stereocenters. The highest BCUT2D eigenvalue weighted by Gasteiger charge is 2.30. The summed E-state index contributed by atoms with van der Waals surface area (Å²) in [6, 6.07) is 7.16. The van der Waals surface area contributed by atoms with E-state index in [0.717, 1.165) is 24.9 Å². The third-order valence-electron chi connectivity index (χ3n) is 3.37. The number of halogens is 1. The van der Waals surface area contributed by atoms with E-state index >= 15 is 0 Å². The zero-order valence-electron chi connectivity index (χ0n) is 10.8. The van der Waals surface area contributed by atoms with Crippen LogP contribution in [0.3, 0.4) is 0 Å². The van der Waals surface area contributed by atoms with Crippen molar-refractivity contribution in [3.05, 3.63) is 29.8 Å². The maximum absolute atomic E-state index is 12.4. The van der Waals surface area contributed by atoms with Gasteiger partial charge in [-0.15, -0.1) is 12.4 Å². The minimum atomic E-state index is -3.15. The molecule has 18 heavy (non-hydrogen) atoms. The molecule has 0 radical (unpaired) electrons. The van der Waals surface area contributed by atoms with Gasteiger partial charge in [-0.05, 0) is 45.5 Å². The van der Waals surface area contributed by atoms with Gasteiger partial charge in [0.2, 0.25) is 0 Å². The number of piperidine rings is 1. The van der Waals surface area contributed by atoms with Gasteiger partial charge in [-0.3, -0.25) is 0 Å². The Morgan fingerprint density at radius 1 is 1.22 bits per heavy atom. The molecule has 1 saturated heterocycles. The molecular formula is C13H20ClNO2S. The van der Waals surface area contributed by atoms with Crippen LogP contribution in [-0.2, 0) is 9.84 Å². The maximum atomic E-state index is 12.4. The van der Waals surface area contributed by atoms with Gasteiger partial charge in [-0.1, -0.05) is 17.7 Å². The van der Waals surface area contributed by atoms with Crippen LogP contribution in [0.25, 0.3) is 0 Å². The van der Waals surface area contributed by atoms with Crippen LogP contribution in [-0.4, -0.2) is 38.7 Å². The van der Waals surface area contributed by atoms with Crippen LogP contribution in [0.2, 0.25) is 0 Å². The van der Waals surface area contributed by atoms with Gasteiger partial charge >= 0.3 is 0 Å². The van der Waals surface area contributed by atoms with Gasteiger partial charge in [0.05, 0.1) is 10.1 Å². The smallest absolute Gasteiger partial charge is 0.182 e. The Balaban J connectivity index is 0.00000162. The van der Waals surface area contributed by atoms with Gasteiger partial charge < -0.3 is 4.90 Å². The average Bonchev–Trinajstić information content (AvgIpc) is 2.29. The van der Waals surface area contributed by atoms with E-state index in [4.69, 9.17) is 0 Å². The largest absolute Gasteiger partial charge is 0.305 e.